The Morgan fingerprint density at radius 2 is 1.82 bits per heavy atom. The van der Waals surface area contributed by atoms with Crippen LogP contribution in [0.1, 0.15) is 20.3 Å². The largest absolute Gasteiger partial charge is 0.323 e. The van der Waals surface area contributed by atoms with E-state index in [9.17, 15) is 0 Å². The highest BCUT2D eigenvalue weighted by molar-refractivity contribution is 6.45. The average Bonchev–Trinajstić information content (AvgIpc) is 2.24. The summed E-state index contributed by atoms with van der Waals surface area (Å²) in [6.45, 7) is 4.30. The normalized spacial score (nSPS) is 38.8. The Morgan fingerprint density at radius 1 is 1.27 bits per heavy atom. The minimum Gasteiger partial charge on any atom is -0.323 e. The van der Waals surface area contributed by atoms with Crippen LogP contribution < -0.4 is 5.84 Å². The summed E-state index contributed by atoms with van der Waals surface area (Å²) < 4.78 is 0. The number of rotatable bonds is 0. The van der Waals surface area contributed by atoms with Crippen molar-refractivity contribution in [1.82, 2.24) is 0 Å². The highest BCUT2D eigenvalue weighted by atomic mass is 15.1. The lowest BCUT2D eigenvalue weighted by molar-refractivity contribution is 0.631. The third-order valence-electron chi connectivity index (χ3n) is 2.28. The number of hydrogen-bond acceptors (Lipinski definition) is 3. The highest BCUT2D eigenvalue weighted by Gasteiger charge is 2.30. The smallest absolute Gasteiger partial charge is 0.0841 e. The summed E-state index contributed by atoms with van der Waals surface area (Å²) >= 11 is 0. The Labute approximate surface area is 67.4 Å². The molecule has 0 heterocycles. The highest BCUT2D eigenvalue weighted by Crippen LogP contribution is 2.25. The van der Waals surface area contributed by atoms with Gasteiger partial charge in [0.1, 0.15) is 0 Å². The van der Waals surface area contributed by atoms with Crippen molar-refractivity contribution >= 4 is 11.4 Å². The Bertz CT molecular complexity index is 183. The lowest BCUT2D eigenvalue weighted by atomic mass is 10.1. The summed E-state index contributed by atoms with van der Waals surface area (Å²) in [5.74, 6) is 6.27. The second-order valence-electron chi connectivity index (χ2n) is 3.16. The van der Waals surface area contributed by atoms with Crippen molar-refractivity contribution < 1.29 is 0 Å². The lowest BCUT2D eigenvalue weighted by Crippen LogP contribution is -2.16. The third kappa shape index (κ3) is 1.27. The minimum atomic E-state index is 0.480. The maximum atomic E-state index is 5.26. The van der Waals surface area contributed by atoms with Crippen molar-refractivity contribution in [3.63, 3.8) is 0 Å². The molecule has 0 aromatic carbocycles. The molecule has 1 aliphatic rings. The van der Waals surface area contributed by atoms with Crippen LogP contribution in [0.25, 0.3) is 0 Å². The van der Waals surface area contributed by atoms with Crippen molar-refractivity contribution in [1.29, 1.82) is 0 Å². The van der Waals surface area contributed by atoms with Gasteiger partial charge in [0.05, 0.1) is 11.4 Å². The van der Waals surface area contributed by atoms with Crippen LogP contribution in [-0.2, 0) is 0 Å². The Morgan fingerprint density at radius 3 is 2.18 bits per heavy atom. The molecule has 0 aliphatic heterocycles. The van der Waals surface area contributed by atoms with Crippen LogP contribution in [0.3, 0.4) is 0 Å². The molecule has 0 radical (unpaired) electrons. The lowest BCUT2D eigenvalue weighted by Gasteiger charge is -2.00. The summed E-state index contributed by atoms with van der Waals surface area (Å²) in [7, 11) is 1.80. The summed E-state index contributed by atoms with van der Waals surface area (Å²) in [6.07, 6.45) is 1.13. The van der Waals surface area contributed by atoms with E-state index in [0.717, 1.165) is 17.8 Å². The average molecular weight is 153 g/mol. The molecule has 3 heteroatoms. The molecular formula is C8H15N3. The number of hydrazone groups is 1. The molecule has 0 amide bonds. The SMILES string of the molecule is CN=C1C(=NN)C(C)CC1C. The molecular weight excluding hydrogens is 138 g/mol. The zero-order chi connectivity index (χ0) is 8.43. The number of nitrogens with two attached hydrogens (primary N) is 1. The fraction of sp³-hybridized carbons (Fsp3) is 0.750. The van der Waals surface area contributed by atoms with Gasteiger partial charge in [-0.25, -0.2) is 0 Å². The quantitative estimate of drug-likeness (QED) is 0.410. The maximum absolute atomic E-state index is 5.26. The van der Waals surface area contributed by atoms with E-state index in [4.69, 9.17) is 5.84 Å². The Hall–Kier alpha value is -0.860. The zero-order valence-electron chi connectivity index (χ0n) is 7.33. The number of hydrogen-bond donors (Lipinski definition) is 1. The van der Waals surface area contributed by atoms with Crippen molar-refractivity contribution in [3.8, 4) is 0 Å². The molecule has 0 bridgehead atoms. The van der Waals surface area contributed by atoms with Gasteiger partial charge in [0.15, 0.2) is 0 Å². The van der Waals surface area contributed by atoms with Crippen LogP contribution >= 0.6 is 0 Å². The third-order valence-corrected chi connectivity index (χ3v) is 2.28. The van der Waals surface area contributed by atoms with E-state index in [1.165, 1.54) is 0 Å². The fourth-order valence-corrected chi connectivity index (χ4v) is 1.79. The van der Waals surface area contributed by atoms with Gasteiger partial charge in [-0.1, -0.05) is 13.8 Å². The Balaban J connectivity index is 2.94. The van der Waals surface area contributed by atoms with Crippen molar-refractivity contribution in [2.75, 3.05) is 7.05 Å². The molecule has 1 rings (SSSR count). The van der Waals surface area contributed by atoms with Gasteiger partial charge in [0, 0.05) is 18.9 Å². The van der Waals surface area contributed by atoms with Gasteiger partial charge in [0.25, 0.3) is 0 Å². The molecule has 2 atom stereocenters. The molecule has 0 spiro atoms. The molecule has 1 saturated carbocycles. The first-order valence-electron chi connectivity index (χ1n) is 3.95. The zero-order valence-corrected chi connectivity index (χ0v) is 7.33. The molecule has 2 unspecified atom stereocenters. The molecule has 0 aromatic heterocycles. The van der Waals surface area contributed by atoms with Crippen molar-refractivity contribution in [3.05, 3.63) is 0 Å². The van der Waals surface area contributed by atoms with Crippen LogP contribution in [0.15, 0.2) is 10.1 Å². The number of aliphatic imine (C=N–C) groups is 1. The molecule has 2 N–H and O–H groups in total. The van der Waals surface area contributed by atoms with Crippen molar-refractivity contribution in [2.45, 2.75) is 20.3 Å². The molecule has 62 valence electrons. The van der Waals surface area contributed by atoms with Gasteiger partial charge in [-0.3, -0.25) is 4.99 Å². The van der Waals surface area contributed by atoms with E-state index in [1.807, 2.05) is 0 Å². The second-order valence-corrected chi connectivity index (χ2v) is 3.16. The summed E-state index contributed by atoms with van der Waals surface area (Å²) in [4.78, 5) is 4.18. The van der Waals surface area contributed by atoms with E-state index < -0.39 is 0 Å². The molecule has 11 heavy (non-hydrogen) atoms. The van der Waals surface area contributed by atoms with Gasteiger partial charge in [-0.2, -0.15) is 5.10 Å². The van der Waals surface area contributed by atoms with Crippen LogP contribution in [0.2, 0.25) is 0 Å². The topological polar surface area (TPSA) is 50.7 Å². The first-order valence-corrected chi connectivity index (χ1v) is 3.95. The van der Waals surface area contributed by atoms with Crippen molar-refractivity contribution in [2.24, 2.45) is 27.8 Å². The second kappa shape index (κ2) is 3.03. The van der Waals surface area contributed by atoms with E-state index in [0.29, 0.717) is 11.8 Å². The van der Waals surface area contributed by atoms with E-state index in [-0.39, 0.29) is 0 Å². The van der Waals surface area contributed by atoms with Gasteiger partial charge in [0.2, 0.25) is 0 Å². The summed E-state index contributed by atoms with van der Waals surface area (Å²) in [5, 5.41) is 3.76. The predicted octanol–water partition coefficient (Wildman–Crippen LogP) is 1.05. The fourth-order valence-electron chi connectivity index (χ4n) is 1.79. The summed E-state index contributed by atoms with van der Waals surface area (Å²) in [6, 6.07) is 0. The van der Waals surface area contributed by atoms with E-state index in [1.54, 1.807) is 7.05 Å². The van der Waals surface area contributed by atoms with Gasteiger partial charge < -0.3 is 5.84 Å². The Kier molecular flexibility index (Phi) is 2.27. The molecule has 1 aliphatic carbocycles. The first kappa shape index (κ1) is 8.24. The van der Waals surface area contributed by atoms with E-state index >= 15 is 0 Å². The van der Waals surface area contributed by atoms with Gasteiger partial charge in [-0.15, -0.1) is 0 Å². The van der Waals surface area contributed by atoms with Gasteiger partial charge >= 0.3 is 0 Å². The number of nitrogens with zero attached hydrogens (tertiary/aromatic N) is 2. The minimum absolute atomic E-state index is 0.480. The van der Waals surface area contributed by atoms with E-state index in [2.05, 4.69) is 23.9 Å². The molecule has 3 nitrogen and oxygen atoms in total. The van der Waals surface area contributed by atoms with Gasteiger partial charge in [-0.05, 0) is 6.42 Å². The molecule has 0 aromatic rings. The monoisotopic (exact) mass is 153 g/mol. The predicted molar refractivity (Wildman–Crippen MR) is 47.9 cm³/mol. The molecule has 0 saturated heterocycles. The first-order chi connectivity index (χ1) is 5.20. The standard InChI is InChI=1S/C8H15N3/c1-5-4-6(2)8(11-9)7(5)10-3/h5-6H,4,9H2,1-3H3. The van der Waals surface area contributed by atoms with Crippen LogP contribution in [-0.4, -0.2) is 18.5 Å². The van der Waals surface area contributed by atoms with Crippen LogP contribution in [0.4, 0.5) is 0 Å². The van der Waals surface area contributed by atoms with Crippen LogP contribution in [0, 0.1) is 11.8 Å². The van der Waals surface area contributed by atoms with Crippen LogP contribution in [0.5, 0.6) is 0 Å². The summed E-state index contributed by atoms with van der Waals surface area (Å²) in [5.41, 5.74) is 2.07. The molecule has 1 fully saturated rings. The maximum Gasteiger partial charge on any atom is 0.0841 e.